The second-order valence-electron chi connectivity index (χ2n) is 18.5. The Morgan fingerprint density at radius 2 is 1.44 bits per heavy atom. The molecule has 10 nitrogen and oxygen atoms in total. The molecular formula is C48H53ClF2N6O4. The summed E-state index contributed by atoms with van der Waals surface area (Å²) in [5.41, 5.74) is 3.93. The largest absolute Gasteiger partial charge is 0.366 e. The van der Waals surface area contributed by atoms with Crippen molar-refractivity contribution in [1.29, 1.82) is 0 Å². The van der Waals surface area contributed by atoms with Crippen molar-refractivity contribution in [3.05, 3.63) is 92.5 Å². The van der Waals surface area contributed by atoms with E-state index in [1.54, 1.807) is 11.0 Å². The lowest BCUT2D eigenvalue weighted by Gasteiger charge is -2.40. The Morgan fingerprint density at radius 1 is 0.754 bits per heavy atom. The monoisotopic (exact) mass is 850 g/mol. The molecule has 0 atom stereocenters. The molecule has 4 aliphatic heterocycles. The number of nitrogens with zero attached hydrogens (tertiary/aromatic N) is 6. The average molecular weight is 851 g/mol. The van der Waals surface area contributed by atoms with Crippen LogP contribution in [0, 0.1) is 23.5 Å². The molecule has 1 aromatic heterocycles. The van der Waals surface area contributed by atoms with Crippen LogP contribution < -0.4 is 15.4 Å². The van der Waals surface area contributed by atoms with Gasteiger partial charge in [0.2, 0.25) is 17.7 Å². The summed E-state index contributed by atoms with van der Waals surface area (Å²) in [6, 6.07) is 14.8. The van der Waals surface area contributed by atoms with E-state index in [0.29, 0.717) is 54.8 Å². The van der Waals surface area contributed by atoms with Crippen LogP contribution in [0.2, 0.25) is 5.02 Å². The molecule has 6 aliphatic rings. The minimum Gasteiger partial charge on any atom is -0.366 e. The molecule has 320 valence electrons. The van der Waals surface area contributed by atoms with Crippen molar-refractivity contribution in [2.75, 3.05) is 55.6 Å². The molecule has 0 radical (unpaired) electrons. The number of imide groups is 1. The Morgan fingerprint density at radius 3 is 2.16 bits per heavy atom. The minimum atomic E-state index is -0.809. The van der Waals surface area contributed by atoms with Gasteiger partial charge in [0.05, 0.1) is 38.4 Å². The van der Waals surface area contributed by atoms with Gasteiger partial charge in [0.25, 0.3) is 5.56 Å². The van der Waals surface area contributed by atoms with E-state index < -0.39 is 23.4 Å². The smallest absolute Gasteiger partial charge is 0.282 e. The number of aromatic nitrogens is 2. The van der Waals surface area contributed by atoms with Crippen LogP contribution in [0.15, 0.2) is 53.3 Å². The third kappa shape index (κ3) is 7.15. The summed E-state index contributed by atoms with van der Waals surface area (Å²) < 4.78 is 32.8. The Kier molecular flexibility index (Phi) is 10.7. The molecule has 4 aromatic rings. The van der Waals surface area contributed by atoms with Gasteiger partial charge in [0.15, 0.2) is 0 Å². The third-order valence-electron chi connectivity index (χ3n) is 15.0. The van der Waals surface area contributed by atoms with Gasteiger partial charge >= 0.3 is 0 Å². The molecule has 3 aromatic carbocycles. The van der Waals surface area contributed by atoms with E-state index in [1.807, 2.05) is 17.0 Å². The van der Waals surface area contributed by atoms with Gasteiger partial charge in [-0.25, -0.2) is 13.7 Å². The number of piperazine rings is 1. The van der Waals surface area contributed by atoms with Gasteiger partial charge in [0.1, 0.15) is 17.5 Å². The van der Waals surface area contributed by atoms with Gasteiger partial charge in [0, 0.05) is 63.6 Å². The summed E-state index contributed by atoms with van der Waals surface area (Å²) in [7, 11) is 0. The number of carbonyl (C=O) groups excluding carboxylic acids is 3. The first kappa shape index (κ1) is 40.4. The molecule has 3 amide bonds. The van der Waals surface area contributed by atoms with E-state index in [-0.39, 0.29) is 47.0 Å². The van der Waals surface area contributed by atoms with E-state index >= 15 is 8.78 Å². The molecule has 5 heterocycles. The lowest BCUT2D eigenvalue weighted by Crippen LogP contribution is -2.51. The molecule has 3 saturated heterocycles. The highest BCUT2D eigenvalue weighted by molar-refractivity contribution is 6.35. The maximum atomic E-state index is 15.3. The van der Waals surface area contributed by atoms with Gasteiger partial charge in [-0.2, -0.15) is 4.98 Å². The number of anilines is 2. The van der Waals surface area contributed by atoms with Gasteiger partial charge < -0.3 is 14.7 Å². The van der Waals surface area contributed by atoms with E-state index in [9.17, 15) is 19.2 Å². The topological polar surface area (TPSA) is 99.1 Å². The molecule has 5 fully saturated rings. The number of fused-ring (bicyclic) bond motifs is 7. The minimum absolute atomic E-state index is 0.0132. The molecule has 2 aliphatic carbocycles. The van der Waals surface area contributed by atoms with Crippen LogP contribution in [0.25, 0.3) is 16.6 Å². The molecule has 61 heavy (non-hydrogen) atoms. The number of piperidine rings is 2. The first-order chi connectivity index (χ1) is 29.6. The first-order valence-corrected chi connectivity index (χ1v) is 22.9. The van der Waals surface area contributed by atoms with Crippen LogP contribution in [-0.2, 0) is 19.8 Å². The van der Waals surface area contributed by atoms with Crippen LogP contribution in [0.5, 0.6) is 0 Å². The fourth-order valence-electron chi connectivity index (χ4n) is 11.7. The number of benzene rings is 3. The average Bonchev–Trinajstić information content (AvgIpc) is 3.52. The van der Waals surface area contributed by atoms with E-state index in [0.717, 1.165) is 118 Å². The van der Waals surface area contributed by atoms with Crippen molar-refractivity contribution in [2.45, 2.75) is 101 Å². The lowest BCUT2D eigenvalue weighted by atomic mass is 9.69. The van der Waals surface area contributed by atoms with Crippen molar-refractivity contribution >= 4 is 51.6 Å². The number of hydrogen-bond donors (Lipinski definition) is 0. The summed E-state index contributed by atoms with van der Waals surface area (Å²) in [4.78, 5) is 63.5. The second kappa shape index (κ2) is 16.2. The van der Waals surface area contributed by atoms with Crippen LogP contribution in [0.4, 0.5) is 20.2 Å². The van der Waals surface area contributed by atoms with Gasteiger partial charge in [-0.15, -0.1) is 0 Å². The van der Waals surface area contributed by atoms with Gasteiger partial charge in [-0.1, -0.05) is 49.1 Å². The zero-order valence-electron chi connectivity index (χ0n) is 34.7. The van der Waals surface area contributed by atoms with Crippen molar-refractivity contribution in [2.24, 2.45) is 11.8 Å². The summed E-state index contributed by atoms with van der Waals surface area (Å²) in [5, 5.41) is 0.939. The number of rotatable bonds is 6. The highest BCUT2D eigenvalue weighted by atomic mass is 35.5. The SMILES string of the molecule is O=C(C1CCC(CN2CCC(c3ccc4c(c3)-n3c(nc(=O)c5c(Cl)cccc53)C43CCCCC3)CC2)CC1)N1CCN(c2cc(F)c(N3C(=O)CCCC3=O)cc2F)CC1. The zero-order valence-corrected chi connectivity index (χ0v) is 35.4. The van der Waals surface area contributed by atoms with Crippen LogP contribution in [0.3, 0.4) is 0 Å². The molecule has 10 rings (SSSR count). The maximum Gasteiger partial charge on any atom is 0.282 e. The fraction of sp³-hybridized carbons (Fsp3) is 0.521. The zero-order chi connectivity index (χ0) is 42.0. The van der Waals surface area contributed by atoms with Crippen molar-refractivity contribution in [3.63, 3.8) is 0 Å². The summed E-state index contributed by atoms with van der Waals surface area (Å²) in [5.74, 6) is -0.490. The lowest BCUT2D eigenvalue weighted by molar-refractivity contribution is -0.137. The number of amides is 3. The quantitative estimate of drug-likeness (QED) is 0.180. The Labute approximate surface area is 359 Å². The van der Waals surface area contributed by atoms with Crippen molar-refractivity contribution < 1.29 is 23.2 Å². The molecule has 0 unspecified atom stereocenters. The Bertz CT molecular complexity index is 2450. The Balaban J connectivity index is 0.729. The third-order valence-corrected chi connectivity index (χ3v) is 15.3. The molecule has 13 heteroatoms. The number of likely N-dealkylation sites (tertiary alicyclic amines) is 1. The van der Waals surface area contributed by atoms with Crippen LogP contribution >= 0.6 is 11.6 Å². The second-order valence-corrected chi connectivity index (χ2v) is 18.9. The molecule has 0 N–H and O–H groups in total. The summed E-state index contributed by atoms with van der Waals surface area (Å²) in [6.07, 6.45) is 12.1. The summed E-state index contributed by atoms with van der Waals surface area (Å²) >= 11 is 6.60. The van der Waals surface area contributed by atoms with Crippen molar-refractivity contribution in [3.8, 4) is 5.69 Å². The predicted molar refractivity (Wildman–Crippen MR) is 232 cm³/mol. The van der Waals surface area contributed by atoms with Crippen LogP contribution in [-0.4, -0.2) is 82.9 Å². The molecular weight excluding hydrogens is 798 g/mol. The highest BCUT2D eigenvalue weighted by Gasteiger charge is 2.47. The molecule has 1 spiro atoms. The van der Waals surface area contributed by atoms with E-state index in [1.165, 1.54) is 17.5 Å². The van der Waals surface area contributed by atoms with Gasteiger partial charge in [-0.3, -0.25) is 23.7 Å². The maximum absolute atomic E-state index is 15.3. The normalized spacial score (nSPS) is 23.5. The summed E-state index contributed by atoms with van der Waals surface area (Å²) in [6.45, 7) is 4.74. The first-order valence-electron chi connectivity index (χ1n) is 22.6. The van der Waals surface area contributed by atoms with Crippen molar-refractivity contribution in [1.82, 2.24) is 19.4 Å². The van der Waals surface area contributed by atoms with Crippen LogP contribution in [0.1, 0.15) is 113 Å². The highest BCUT2D eigenvalue weighted by Crippen LogP contribution is 2.52. The number of carbonyl (C=O) groups is 3. The Hall–Kier alpha value is -4.68. The number of hydrogen-bond acceptors (Lipinski definition) is 7. The molecule has 0 bridgehead atoms. The van der Waals surface area contributed by atoms with E-state index in [2.05, 4.69) is 27.7 Å². The molecule has 2 saturated carbocycles. The number of halogens is 3. The fourth-order valence-corrected chi connectivity index (χ4v) is 12.0. The van der Waals surface area contributed by atoms with Gasteiger partial charge in [-0.05, 0) is 112 Å². The van der Waals surface area contributed by atoms with E-state index in [4.69, 9.17) is 16.6 Å². The standard InChI is InChI=1S/C48H53ClF2N6O4/c49-35-6-4-7-38-44(35)45(60)52-47-48(18-2-1-3-19-48)34-15-14-33(26-39(34)56(38)47)31-16-20-53(21-17-31)29-30-10-12-32(13-11-30)46(61)55-24-22-54(23-25-55)40-27-37(51)41(28-36(40)50)57-42(58)8-5-9-43(57)59/h4,6-7,14-15,26-28,30-32H,1-3,5,8-13,16-25,29H2. The predicted octanol–water partition coefficient (Wildman–Crippen LogP) is 8.26.